The molecule has 0 unspecified atom stereocenters. The Morgan fingerprint density at radius 1 is 1.53 bits per heavy atom. The highest BCUT2D eigenvalue weighted by molar-refractivity contribution is 5.91. The molecule has 0 N–H and O–H groups in total. The zero-order valence-corrected chi connectivity index (χ0v) is 11.5. The van der Waals surface area contributed by atoms with Gasteiger partial charge >= 0.3 is 12.1 Å². The van der Waals surface area contributed by atoms with Gasteiger partial charge < -0.3 is 9.84 Å². The van der Waals surface area contributed by atoms with Crippen molar-refractivity contribution in [3.8, 4) is 0 Å². The Morgan fingerprint density at radius 2 is 2.16 bits per heavy atom. The zero-order chi connectivity index (χ0) is 14.6. The fourth-order valence-corrected chi connectivity index (χ4v) is 1.16. The van der Waals surface area contributed by atoms with E-state index in [0.717, 1.165) is 0 Å². The Hall–Kier alpha value is -2.12. The smallest absolute Gasteiger partial charge is 0.535 e. The van der Waals surface area contributed by atoms with E-state index >= 15 is 0 Å². The van der Waals surface area contributed by atoms with Crippen molar-refractivity contribution in [3.05, 3.63) is 12.0 Å². The molecule has 0 saturated carbocycles. The van der Waals surface area contributed by atoms with Crippen molar-refractivity contribution in [3.63, 3.8) is 0 Å². The quantitative estimate of drug-likeness (QED) is 0.248. The molecule has 106 valence electrons. The number of nitrogens with zero attached hydrogens (tertiary/aromatic N) is 3. The van der Waals surface area contributed by atoms with Crippen molar-refractivity contribution < 1.29 is 29.0 Å². The third-order valence-electron chi connectivity index (χ3n) is 1.87. The molecule has 0 amide bonds. The lowest BCUT2D eigenvalue weighted by Gasteiger charge is -2.16. The monoisotopic (exact) mass is 271 g/mol. The molecule has 0 atom stereocenters. The Morgan fingerprint density at radius 3 is 2.63 bits per heavy atom. The topological polar surface area (TPSA) is 95.5 Å². The molecular formula is C11H17N3O5. The summed E-state index contributed by atoms with van der Waals surface area (Å²) in [6.07, 6.45) is -0.467. The van der Waals surface area contributed by atoms with Crippen LogP contribution in [0.5, 0.6) is 0 Å². The maximum absolute atomic E-state index is 11.3. The molecule has 0 fully saturated rings. The Labute approximate surface area is 110 Å². The first kappa shape index (κ1) is 14.9. The number of ether oxygens (including phenoxy) is 1. The number of hydrogen-bond acceptors (Lipinski definition) is 7. The minimum absolute atomic E-state index is 0.0820. The third-order valence-corrected chi connectivity index (χ3v) is 1.87. The Kier molecular flexibility index (Phi) is 4.47. The number of rotatable bonds is 2. The second kappa shape index (κ2) is 5.68. The van der Waals surface area contributed by atoms with Crippen LogP contribution < -0.4 is 5.11 Å². The lowest BCUT2D eigenvalue weighted by atomic mass is 10.2. The molecule has 1 aliphatic rings. The van der Waals surface area contributed by atoms with E-state index in [1.54, 1.807) is 20.8 Å². The summed E-state index contributed by atoms with van der Waals surface area (Å²) in [5.74, 6) is -0.186. The molecule has 0 spiro atoms. The standard InChI is InChI=1S/C11H17N3O5/c1-7(2)14-8(6-15)9(18-13-14)12-19-10(16)17-11(3,4)5/h6-7H,1-5H3. The van der Waals surface area contributed by atoms with E-state index in [9.17, 15) is 9.90 Å². The summed E-state index contributed by atoms with van der Waals surface area (Å²) in [5, 5.41) is 18.0. The molecule has 8 nitrogen and oxygen atoms in total. The molecule has 1 rings (SSSR count). The summed E-state index contributed by atoms with van der Waals surface area (Å²) in [6, 6.07) is -0.0885. The fraction of sp³-hybridized carbons (Fsp3) is 0.636. The second-order valence-electron chi connectivity index (χ2n) is 5.07. The van der Waals surface area contributed by atoms with Crippen molar-refractivity contribution in [1.29, 1.82) is 0 Å². The summed E-state index contributed by atoms with van der Waals surface area (Å²) in [6.45, 7) is 8.69. The predicted octanol–water partition coefficient (Wildman–Crippen LogP) is 1.27. The summed E-state index contributed by atoms with van der Waals surface area (Å²) in [7, 11) is 0. The maximum Gasteiger partial charge on any atom is 0.535 e. The molecule has 0 aromatic heterocycles. The van der Waals surface area contributed by atoms with E-state index in [-0.39, 0.29) is 17.6 Å². The molecule has 0 aromatic carbocycles. The van der Waals surface area contributed by atoms with Crippen molar-refractivity contribution in [2.24, 2.45) is 10.4 Å². The van der Waals surface area contributed by atoms with Gasteiger partial charge in [0.2, 0.25) is 5.28 Å². The lowest BCUT2D eigenvalue weighted by Crippen LogP contribution is -2.24. The third kappa shape index (κ3) is 4.23. The second-order valence-corrected chi connectivity index (χ2v) is 5.07. The molecule has 1 aliphatic heterocycles. The van der Waals surface area contributed by atoms with Gasteiger partial charge in [-0.3, -0.25) is 9.68 Å². The van der Waals surface area contributed by atoms with Crippen molar-refractivity contribution in [2.75, 3.05) is 0 Å². The van der Waals surface area contributed by atoms with Crippen LogP contribution in [0.15, 0.2) is 22.4 Å². The van der Waals surface area contributed by atoms with Crippen LogP contribution >= 0.6 is 0 Å². The maximum atomic E-state index is 11.3. The van der Waals surface area contributed by atoms with E-state index in [2.05, 4.69) is 15.3 Å². The summed E-state index contributed by atoms with van der Waals surface area (Å²) in [5.41, 5.74) is -0.613. The van der Waals surface area contributed by atoms with E-state index < -0.39 is 11.8 Å². The number of hydrogen-bond donors (Lipinski definition) is 0. The van der Waals surface area contributed by atoms with Crippen LogP contribution in [0.4, 0.5) is 4.79 Å². The van der Waals surface area contributed by atoms with Gasteiger partial charge in [0.05, 0.1) is 0 Å². The molecule has 0 aliphatic carbocycles. The highest BCUT2D eigenvalue weighted by Gasteiger charge is 2.34. The summed E-state index contributed by atoms with van der Waals surface area (Å²) < 4.78 is 6.20. The summed E-state index contributed by atoms with van der Waals surface area (Å²) in [4.78, 5) is 20.6. The van der Waals surface area contributed by atoms with Crippen LogP contribution in [-0.2, 0) is 14.4 Å². The average Bonchev–Trinajstić information content (AvgIpc) is 2.66. The highest BCUT2D eigenvalue weighted by atomic mass is 16.8. The van der Waals surface area contributed by atoms with Gasteiger partial charge in [-0.25, -0.2) is 4.79 Å². The van der Waals surface area contributed by atoms with Gasteiger partial charge in [-0.05, 0) is 30.6 Å². The minimum atomic E-state index is -0.989. The van der Waals surface area contributed by atoms with Crippen LogP contribution in [0, 0.1) is 0 Å². The predicted molar refractivity (Wildman–Crippen MR) is 61.7 cm³/mol. The van der Waals surface area contributed by atoms with Gasteiger partial charge in [-0.2, -0.15) is 0 Å². The van der Waals surface area contributed by atoms with Crippen molar-refractivity contribution in [2.45, 2.75) is 46.3 Å². The largest absolute Gasteiger partial charge is 0.873 e. The zero-order valence-electron chi connectivity index (χ0n) is 11.5. The first-order chi connectivity index (χ1) is 8.74. The summed E-state index contributed by atoms with van der Waals surface area (Å²) >= 11 is 0. The van der Waals surface area contributed by atoms with Gasteiger partial charge in [0, 0.05) is 13.8 Å². The normalized spacial score (nSPS) is 19.6. The number of carbonyl (C=O) groups excluding carboxylic acids is 1. The van der Waals surface area contributed by atoms with Crippen LogP contribution in [0.3, 0.4) is 0 Å². The van der Waals surface area contributed by atoms with E-state index in [1.165, 1.54) is 4.70 Å². The fourth-order valence-electron chi connectivity index (χ4n) is 1.16. The van der Waals surface area contributed by atoms with Crippen molar-refractivity contribution in [1.82, 2.24) is 0 Å². The lowest BCUT2D eigenvalue weighted by molar-refractivity contribution is -0.581. The molecule has 1 heterocycles. The Bertz CT molecular complexity index is 446. The number of oxime groups is 1. The SMILES string of the molecule is CC(C)[N+]1=NOC(=N\OC(=O)OC(C)(C)C)/C1=C/[O-]. The van der Waals surface area contributed by atoms with Gasteiger partial charge in [-0.15, -0.1) is 0 Å². The molecule has 0 saturated heterocycles. The van der Waals surface area contributed by atoms with Gasteiger partial charge in [0.15, 0.2) is 6.04 Å². The average molecular weight is 271 g/mol. The first-order valence-corrected chi connectivity index (χ1v) is 5.72. The molecule has 0 bridgehead atoms. The molecule has 0 aromatic rings. The van der Waals surface area contributed by atoms with Gasteiger partial charge in [-0.1, -0.05) is 6.26 Å². The molecule has 19 heavy (non-hydrogen) atoms. The molecule has 0 radical (unpaired) electrons. The van der Waals surface area contributed by atoms with Crippen LogP contribution in [0.2, 0.25) is 0 Å². The van der Waals surface area contributed by atoms with Crippen LogP contribution in [-0.4, -0.2) is 28.4 Å². The van der Waals surface area contributed by atoms with E-state index in [0.29, 0.717) is 6.26 Å². The molecule has 8 heteroatoms. The molecular weight excluding hydrogens is 254 g/mol. The Balaban J connectivity index is 2.68. The van der Waals surface area contributed by atoms with Gasteiger partial charge in [0.25, 0.3) is 5.70 Å². The van der Waals surface area contributed by atoms with E-state index in [4.69, 9.17) is 9.57 Å². The van der Waals surface area contributed by atoms with E-state index in [1.807, 2.05) is 13.8 Å². The van der Waals surface area contributed by atoms with Gasteiger partial charge in [0.1, 0.15) is 5.60 Å². The van der Waals surface area contributed by atoms with Crippen molar-refractivity contribution >= 4 is 12.1 Å². The minimum Gasteiger partial charge on any atom is -0.873 e. The van der Waals surface area contributed by atoms with Crippen LogP contribution in [0.1, 0.15) is 34.6 Å². The first-order valence-electron chi connectivity index (χ1n) is 5.72. The number of carbonyl (C=O) groups is 1. The highest BCUT2D eigenvalue weighted by Crippen LogP contribution is 2.15. The van der Waals surface area contributed by atoms with Crippen LogP contribution in [0.25, 0.3) is 0 Å².